The summed E-state index contributed by atoms with van der Waals surface area (Å²) >= 11 is 8.14. The van der Waals surface area contributed by atoms with E-state index in [2.05, 4.69) is 18.9 Å². The van der Waals surface area contributed by atoms with Crippen molar-refractivity contribution in [3.05, 3.63) is 16.4 Å². The molecule has 0 fully saturated rings. The van der Waals surface area contributed by atoms with Crippen LogP contribution in [0.2, 0.25) is 5.02 Å². The number of nitrogens with two attached hydrogens (primary N) is 1. The smallest absolute Gasteiger partial charge is 0.0858 e. The molecule has 0 aliphatic rings. The molecule has 0 aliphatic carbocycles. The Hall–Kier alpha value is -0.190. The molecule has 0 unspecified atom stereocenters. The highest BCUT2D eigenvalue weighted by molar-refractivity contribution is 7.98. The summed E-state index contributed by atoms with van der Waals surface area (Å²) in [6.45, 7) is 9.10. The van der Waals surface area contributed by atoms with E-state index in [4.69, 9.17) is 17.3 Å². The monoisotopic (exact) mass is 275 g/mol. The average Bonchev–Trinajstić information content (AvgIpc) is 2.54. The number of halogens is 1. The molecule has 1 aromatic rings. The predicted octanol–water partition coefficient (Wildman–Crippen LogP) is 3.09. The van der Waals surface area contributed by atoms with E-state index >= 15 is 0 Å². The molecule has 98 valence electrons. The van der Waals surface area contributed by atoms with Crippen LogP contribution in [0, 0.1) is 0 Å². The highest BCUT2D eigenvalue weighted by Crippen LogP contribution is 2.26. The second-order valence-corrected chi connectivity index (χ2v) is 6.22. The largest absolute Gasteiger partial charge is 0.325 e. The highest BCUT2D eigenvalue weighted by Gasteiger charge is 2.16. The number of aryl methyl sites for hydroxylation is 2. The van der Waals surface area contributed by atoms with Gasteiger partial charge in [0.2, 0.25) is 0 Å². The van der Waals surface area contributed by atoms with Crippen molar-refractivity contribution in [2.75, 3.05) is 5.75 Å². The highest BCUT2D eigenvalue weighted by atomic mass is 35.5. The van der Waals surface area contributed by atoms with Crippen LogP contribution >= 0.6 is 23.4 Å². The van der Waals surface area contributed by atoms with Crippen LogP contribution in [0.15, 0.2) is 0 Å². The summed E-state index contributed by atoms with van der Waals surface area (Å²) in [6, 6.07) is 0. The van der Waals surface area contributed by atoms with Gasteiger partial charge in [-0.1, -0.05) is 18.5 Å². The third kappa shape index (κ3) is 4.19. The molecule has 0 radical (unpaired) electrons. The first-order chi connectivity index (χ1) is 7.89. The Morgan fingerprint density at radius 2 is 2.06 bits per heavy atom. The van der Waals surface area contributed by atoms with Crippen LogP contribution in [-0.4, -0.2) is 21.1 Å². The number of aromatic nitrogens is 2. The fraction of sp³-hybridized carbons (Fsp3) is 0.750. The van der Waals surface area contributed by atoms with Crippen LogP contribution in [0.3, 0.4) is 0 Å². The van der Waals surface area contributed by atoms with Gasteiger partial charge in [0.05, 0.1) is 16.4 Å². The SMILES string of the molecule is CCc1nn(CC)c(CSCC(C)(C)N)c1Cl. The van der Waals surface area contributed by atoms with E-state index in [1.54, 1.807) is 0 Å². The Bertz CT molecular complexity index is 369. The topological polar surface area (TPSA) is 43.8 Å². The van der Waals surface area contributed by atoms with Gasteiger partial charge in [-0.25, -0.2) is 0 Å². The third-order valence-corrected chi connectivity index (χ3v) is 4.27. The molecule has 17 heavy (non-hydrogen) atoms. The summed E-state index contributed by atoms with van der Waals surface area (Å²) in [5.41, 5.74) is 7.95. The van der Waals surface area contributed by atoms with Gasteiger partial charge in [0.1, 0.15) is 0 Å². The maximum Gasteiger partial charge on any atom is 0.0858 e. The lowest BCUT2D eigenvalue weighted by Gasteiger charge is -2.17. The van der Waals surface area contributed by atoms with Crippen molar-refractivity contribution in [2.24, 2.45) is 5.73 Å². The van der Waals surface area contributed by atoms with Crippen LogP contribution in [-0.2, 0) is 18.7 Å². The van der Waals surface area contributed by atoms with Crippen LogP contribution in [0.5, 0.6) is 0 Å². The molecule has 5 heteroatoms. The van der Waals surface area contributed by atoms with E-state index in [1.165, 1.54) is 0 Å². The van der Waals surface area contributed by atoms with Crippen LogP contribution < -0.4 is 5.73 Å². The van der Waals surface area contributed by atoms with Gasteiger partial charge >= 0.3 is 0 Å². The van der Waals surface area contributed by atoms with Gasteiger partial charge in [-0.15, -0.1) is 0 Å². The first-order valence-electron chi connectivity index (χ1n) is 5.99. The number of hydrogen-bond donors (Lipinski definition) is 1. The Morgan fingerprint density at radius 3 is 2.53 bits per heavy atom. The molecule has 2 N–H and O–H groups in total. The molecule has 0 spiro atoms. The third-order valence-electron chi connectivity index (χ3n) is 2.41. The lowest BCUT2D eigenvalue weighted by molar-refractivity contribution is 0.590. The van der Waals surface area contributed by atoms with E-state index in [9.17, 15) is 0 Å². The molecular formula is C12H22ClN3S. The van der Waals surface area contributed by atoms with Crippen LogP contribution in [0.4, 0.5) is 0 Å². The van der Waals surface area contributed by atoms with Crippen molar-refractivity contribution in [3.8, 4) is 0 Å². The van der Waals surface area contributed by atoms with Gasteiger partial charge in [-0.3, -0.25) is 4.68 Å². The zero-order valence-electron chi connectivity index (χ0n) is 11.1. The molecule has 0 bridgehead atoms. The van der Waals surface area contributed by atoms with E-state index in [1.807, 2.05) is 30.3 Å². The van der Waals surface area contributed by atoms with Crippen molar-refractivity contribution in [2.45, 2.75) is 52.0 Å². The molecule has 1 rings (SSSR count). The van der Waals surface area contributed by atoms with E-state index < -0.39 is 0 Å². The number of hydrogen-bond acceptors (Lipinski definition) is 3. The summed E-state index contributed by atoms with van der Waals surface area (Å²) in [7, 11) is 0. The maximum atomic E-state index is 6.33. The number of nitrogens with zero attached hydrogens (tertiary/aromatic N) is 2. The van der Waals surface area contributed by atoms with Gasteiger partial charge in [0.15, 0.2) is 0 Å². The first kappa shape index (κ1) is 14.9. The second-order valence-electron chi connectivity index (χ2n) is 4.86. The van der Waals surface area contributed by atoms with Crippen molar-refractivity contribution in [1.82, 2.24) is 9.78 Å². The van der Waals surface area contributed by atoms with Gasteiger partial charge in [0, 0.05) is 23.6 Å². The van der Waals surface area contributed by atoms with Crippen molar-refractivity contribution >= 4 is 23.4 Å². The van der Waals surface area contributed by atoms with Gasteiger partial charge in [-0.2, -0.15) is 16.9 Å². The first-order valence-corrected chi connectivity index (χ1v) is 7.53. The standard InChI is InChI=1S/C12H22ClN3S/c1-5-9-11(13)10(16(6-2)15-9)7-17-8-12(3,4)14/h5-8,14H2,1-4H3. The molecule has 1 aromatic heterocycles. The van der Waals surface area contributed by atoms with Gasteiger partial charge in [-0.05, 0) is 27.2 Å². The fourth-order valence-electron chi connectivity index (χ4n) is 1.57. The zero-order chi connectivity index (χ0) is 13.1. The molecule has 1 heterocycles. The van der Waals surface area contributed by atoms with Gasteiger partial charge < -0.3 is 5.73 Å². The summed E-state index contributed by atoms with van der Waals surface area (Å²) in [5.74, 6) is 1.79. The molecule has 0 aliphatic heterocycles. The molecule has 0 atom stereocenters. The van der Waals surface area contributed by atoms with Crippen LogP contribution in [0.25, 0.3) is 0 Å². The molecule has 0 saturated carbocycles. The number of rotatable bonds is 6. The lowest BCUT2D eigenvalue weighted by atomic mass is 10.1. The average molecular weight is 276 g/mol. The van der Waals surface area contributed by atoms with Gasteiger partial charge in [0.25, 0.3) is 0 Å². The predicted molar refractivity (Wildman–Crippen MR) is 76.7 cm³/mol. The Balaban J connectivity index is 2.72. The summed E-state index contributed by atoms with van der Waals surface area (Å²) < 4.78 is 2.00. The Kier molecular flexibility index (Phi) is 5.35. The molecular weight excluding hydrogens is 254 g/mol. The zero-order valence-corrected chi connectivity index (χ0v) is 12.7. The minimum atomic E-state index is -0.137. The maximum absolute atomic E-state index is 6.33. The van der Waals surface area contributed by atoms with Crippen LogP contribution in [0.1, 0.15) is 39.1 Å². The number of thioether (sulfide) groups is 1. The van der Waals surface area contributed by atoms with E-state index in [-0.39, 0.29) is 5.54 Å². The summed E-state index contributed by atoms with van der Waals surface area (Å²) in [4.78, 5) is 0. The van der Waals surface area contributed by atoms with Crippen molar-refractivity contribution in [1.29, 1.82) is 0 Å². The normalized spacial score (nSPS) is 12.1. The second kappa shape index (κ2) is 6.12. The minimum absolute atomic E-state index is 0.137. The Labute approximate surface area is 113 Å². The lowest BCUT2D eigenvalue weighted by Crippen LogP contribution is -2.34. The quantitative estimate of drug-likeness (QED) is 0.868. The summed E-state index contributed by atoms with van der Waals surface area (Å²) in [5, 5.41) is 5.33. The van der Waals surface area contributed by atoms with Crippen molar-refractivity contribution in [3.63, 3.8) is 0 Å². The molecule has 0 aromatic carbocycles. The molecule has 3 nitrogen and oxygen atoms in total. The fourth-order valence-corrected chi connectivity index (χ4v) is 3.10. The molecule has 0 saturated heterocycles. The summed E-state index contributed by atoms with van der Waals surface area (Å²) in [6.07, 6.45) is 0.881. The van der Waals surface area contributed by atoms with Crippen molar-refractivity contribution < 1.29 is 0 Å². The Morgan fingerprint density at radius 1 is 1.41 bits per heavy atom. The minimum Gasteiger partial charge on any atom is -0.325 e. The van der Waals surface area contributed by atoms with E-state index in [0.717, 1.165) is 40.9 Å². The molecule has 0 amide bonds. The van der Waals surface area contributed by atoms with E-state index in [0.29, 0.717) is 0 Å².